The average Bonchev–Trinajstić information content (AvgIpc) is 2.90. The number of ether oxygens (including phenoxy) is 1. The smallest absolute Gasteiger partial charge is 0.158 e. The molecular formula is C17H18Cl2N4O. The molecule has 0 radical (unpaired) electrons. The Kier molecular flexibility index (Phi) is 4.32. The third-order valence-corrected chi connectivity index (χ3v) is 5.09. The number of aromatic nitrogens is 3. The SMILES string of the molecule is COc1c(C(C)c2nc(Cl)c3c(N)nccn23)cc(Cl)c(C)c1C. The minimum Gasteiger partial charge on any atom is -0.496 e. The Morgan fingerprint density at radius 2 is 1.96 bits per heavy atom. The quantitative estimate of drug-likeness (QED) is 0.747. The van der Waals surface area contributed by atoms with Crippen LogP contribution in [0, 0.1) is 13.8 Å². The Morgan fingerprint density at radius 1 is 1.25 bits per heavy atom. The average molecular weight is 365 g/mol. The Hall–Kier alpha value is -1.98. The maximum atomic E-state index is 6.39. The Morgan fingerprint density at radius 3 is 2.62 bits per heavy atom. The highest BCUT2D eigenvalue weighted by Gasteiger charge is 2.24. The topological polar surface area (TPSA) is 65.4 Å². The van der Waals surface area contributed by atoms with E-state index < -0.39 is 0 Å². The fourth-order valence-corrected chi connectivity index (χ4v) is 3.49. The molecule has 1 atom stereocenters. The fourth-order valence-electron chi connectivity index (χ4n) is 2.96. The molecule has 24 heavy (non-hydrogen) atoms. The van der Waals surface area contributed by atoms with Gasteiger partial charge in [0, 0.05) is 28.9 Å². The van der Waals surface area contributed by atoms with Crippen molar-refractivity contribution in [2.24, 2.45) is 0 Å². The first-order valence-electron chi connectivity index (χ1n) is 7.48. The van der Waals surface area contributed by atoms with Crippen LogP contribution >= 0.6 is 23.2 Å². The molecule has 2 N–H and O–H groups in total. The van der Waals surface area contributed by atoms with E-state index in [1.165, 1.54) is 0 Å². The lowest BCUT2D eigenvalue weighted by molar-refractivity contribution is 0.404. The zero-order chi connectivity index (χ0) is 17.6. The summed E-state index contributed by atoms with van der Waals surface area (Å²) in [5.74, 6) is 1.80. The summed E-state index contributed by atoms with van der Waals surface area (Å²) in [6.07, 6.45) is 3.42. The summed E-state index contributed by atoms with van der Waals surface area (Å²) in [5.41, 5.74) is 9.50. The van der Waals surface area contributed by atoms with Gasteiger partial charge in [-0.15, -0.1) is 0 Å². The number of benzene rings is 1. The van der Waals surface area contributed by atoms with Gasteiger partial charge < -0.3 is 10.5 Å². The molecule has 0 aliphatic heterocycles. The van der Waals surface area contributed by atoms with Gasteiger partial charge in [0.2, 0.25) is 0 Å². The normalized spacial score (nSPS) is 12.6. The first kappa shape index (κ1) is 16.9. The number of hydrogen-bond donors (Lipinski definition) is 1. The number of nitrogens with zero attached hydrogens (tertiary/aromatic N) is 3. The van der Waals surface area contributed by atoms with Crippen LogP contribution in [0.2, 0.25) is 10.2 Å². The van der Waals surface area contributed by atoms with Gasteiger partial charge in [0.1, 0.15) is 17.1 Å². The number of imidazole rings is 1. The highest BCUT2D eigenvalue weighted by Crippen LogP contribution is 2.39. The van der Waals surface area contributed by atoms with Crippen LogP contribution in [0.3, 0.4) is 0 Å². The molecule has 3 aromatic rings. The van der Waals surface area contributed by atoms with Crippen molar-refractivity contribution in [1.82, 2.24) is 14.4 Å². The minimum absolute atomic E-state index is 0.0986. The Balaban J connectivity index is 2.24. The van der Waals surface area contributed by atoms with Gasteiger partial charge in [-0.2, -0.15) is 0 Å². The van der Waals surface area contributed by atoms with Gasteiger partial charge in [0.25, 0.3) is 0 Å². The van der Waals surface area contributed by atoms with Gasteiger partial charge in [0.15, 0.2) is 11.0 Å². The zero-order valence-electron chi connectivity index (χ0n) is 13.9. The number of nitrogens with two attached hydrogens (primary N) is 1. The summed E-state index contributed by atoms with van der Waals surface area (Å²) in [5, 5.41) is 1.03. The van der Waals surface area contributed by atoms with Crippen molar-refractivity contribution >= 4 is 34.5 Å². The van der Waals surface area contributed by atoms with Crippen LogP contribution in [-0.4, -0.2) is 21.5 Å². The van der Waals surface area contributed by atoms with Crippen molar-refractivity contribution in [2.45, 2.75) is 26.7 Å². The summed E-state index contributed by atoms with van der Waals surface area (Å²) in [6.45, 7) is 6.00. The van der Waals surface area contributed by atoms with Gasteiger partial charge in [-0.3, -0.25) is 4.40 Å². The molecule has 3 rings (SSSR count). The molecule has 1 aromatic carbocycles. The molecule has 0 bridgehead atoms. The van der Waals surface area contributed by atoms with Gasteiger partial charge in [0.05, 0.1) is 7.11 Å². The maximum absolute atomic E-state index is 6.39. The zero-order valence-corrected chi connectivity index (χ0v) is 15.4. The fraction of sp³-hybridized carbons (Fsp3) is 0.294. The third kappa shape index (κ3) is 2.48. The van der Waals surface area contributed by atoms with Crippen LogP contribution in [0.4, 0.5) is 5.82 Å². The second-order valence-corrected chi connectivity index (χ2v) is 6.51. The number of rotatable bonds is 3. The van der Waals surface area contributed by atoms with E-state index in [1.54, 1.807) is 19.5 Å². The second kappa shape index (κ2) is 6.15. The van der Waals surface area contributed by atoms with Crippen LogP contribution in [0.1, 0.15) is 35.4 Å². The summed E-state index contributed by atoms with van der Waals surface area (Å²) >= 11 is 12.7. The van der Waals surface area contributed by atoms with Gasteiger partial charge in [-0.25, -0.2) is 9.97 Å². The van der Waals surface area contributed by atoms with Crippen molar-refractivity contribution < 1.29 is 4.74 Å². The molecule has 7 heteroatoms. The maximum Gasteiger partial charge on any atom is 0.158 e. The van der Waals surface area contributed by atoms with Crippen LogP contribution < -0.4 is 10.5 Å². The summed E-state index contributed by atoms with van der Waals surface area (Å²) in [4.78, 5) is 8.57. The molecule has 2 aromatic heterocycles. The monoisotopic (exact) mass is 364 g/mol. The van der Waals surface area contributed by atoms with Crippen molar-refractivity contribution in [3.8, 4) is 5.75 Å². The molecule has 2 heterocycles. The van der Waals surface area contributed by atoms with E-state index >= 15 is 0 Å². The third-order valence-electron chi connectivity index (χ3n) is 4.43. The number of fused-ring (bicyclic) bond motifs is 1. The highest BCUT2D eigenvalue weighted by molar-refractivity contribution is 6.33. The molecule has 0 spiro atoms. The van der Waals surface area contributed by atoms with E-state index in [0.29, 0.717) is 21.5 Å². The Labute approximate surface area is 150 Å². The largest absolute Gasteiger partial charge is 0.496 e. The number of nitrogen functional groups attached to an aromatic ring is 1. The van der Waals surface area contributed by atoms with E-state index in [2.05, 4.69) is 9.97 Å². The van der Waals surface area contributed by atoms with Crippen LogP contribution in [0.15, 0.2) is 18.5 Å². The van der Waals surface area contributed by atoms with Crippen molar-refractivity contribution in [2.75, 3.05) is 12.8 Å². The van der Waals surface area contributed by atoms with Gasteiger partial charge >= 0.3 is 0 Å². The van der Waals surface area contributed by atoms with Gasteiger partial charge in [-0.05, 0) is 31.0 Å². The van der Waals surface area contributed by atoms with Crippen molar-refractivity contribution in [3.63, 3.8) is 0 Å². The number of halogens is 2. The summed E-state index contributed by atoms with van der Waals surface area (Å²) in [7, 11) is 1.66. The van der Waals surface area contributed by atoms with E-state index in [0.717, 1.165) is 28.3 Å². The predicted molar refractivity (Wildman–Crippen MR) is 97.4 cm³/mol. The summed E-state index contributed by atoms with van der Waals surface area (Å²) < 4.78 is 7.49. The number of methoxy groups -OCH3 is 1. The van der Waals surface area contributed by atoms with Crippen LogP contribution in [-0.2, 0) is 0 Å². The van der Waals surface area contributed by atoms with Gasteiger partial charge in [-0.1, -0.05) is 30.1 Å². The molecule has 5 nitrogen and oxygen atoms in total. The van der Waals surface area contributed by atoms with E-state index in [9.17, 15) is 0 Å². The molecule has 0 saturated heterocycles. The lowest BCUT2D eigenvalue weighted by Gasteiger charge is -2.19. The lowest BCUT2D eigenvalue weighted by atomic mass is 9.94. The predicted octanol–water partition coefficient (Wildman–Crippen LogP) is 4.40. The first-order chi connectivity index (χ1) is 11.4. The molecule has 0 aliphatic rings. The van der Waals surface area contributed by atoms with E-state index in [-0.39, 0.29) is 5.92 Å². The standard InChI is InChI=1S/C17H18Cl2N4O/c1-8-9(2)14(24-4)11(7-12(8)18)10(3)17-22-15(19)13-16(20)21-5-6-23(13)17/h5-7,10H,1-4H3,(H2,20,21). The molecule has 126 valence electrons. The van der Waals surface area contributed by atoms with E-state index in [1.807, 2.05) is 31.2 Å². The molecular weight excluding hydrogens is 347 g/mol. The second-order valence-electron chi connectivity index (χ2n) is 5.74. The molecule has 0 aliphatic carbocycles. The van der Waals surface area contributed by atoms with Crippen LogP contribution in [0.5, 0.6) is 5.75 Å². The molecule has 1 unspecified atom stereocenters. The minimum atomic E-state index is -0.0986. The number of anilines is 1. The summed E-state index contributed by atoms with van der Waals surface area (Å²) in [6, 6.07) is 1.92. The molecule has 0 amide bonds. The number of hydrogen-bond acceptors (Lipinski definition) is 4. The highest BCUT2D eigenvalue weighted by atomic mass is 35.5. The molecule has 0 fully saturated rings. The van der Waals surface area contributed by atoms with E-state index in [4.69, 9.17) is 33.7 Å². The Bertz CT molecular complexity index is 936. The first-order valence-corrected chi connectivity index (χ1v) is 8.23. The lowest BCUT2D eigenvalue weighted by Crippen LogP contribution is -2.07. The van der Waals surface area contributed by atoms with Crippen molar-refractivity contribution in [3.05, 3.63) is 51.2 Å². The van der Waals surface area contributed by atoms with Crippen molar-refractivity contribution in [1.29, 1.82) is 0 Å². The molecule has 0 saturated carbocycles. The van der Waals surface area contributed by atoms with Crippen LogP contribution in [0.25, 0.3) is 5.52 Å².